The van der Waals surface area contributed by atoms with Crippen molar-refractivity contribution in [2.24, 2.45) is 0 Å². The molecule has 112 valence electrons. The molecule has 0 bridgehead atoms. The zero-order chi connectivity index (χ0) is 15.0. The molecule has 1 N–H and O–H groups in total. The predicted octanol–water partition coefficient (Wildman–Crippen LogP) is 2.85. The predicted molar refractivity (Wildman–Crippen MR) is 71.0 cm³/mol. The lowest BCUT2D eigenvalue weighted by Crippen LogP contribution is -2.16. The number of hydrogen-bond donors (Lipinski definition) is 1. The first-order valence-electron chi connectivity index (χ1n) is 6.76. The van der Waals surface area contributed by atoms with E-state index in [9.17, 15) is 13.2 Å². The van der Waals surface area contributed by atoms with E-state index in [1.165, 1.54) is 19.0 Å². The summed E-state index contributed by atoms with van der Waals surface area (Å²) in [5.74, 6) is 0.387. The fourth-order valence-electron chi connectivity index (χ4n) is 2.04. The highest BCUT2D eigenvalue weighted by atomic mass is 19.4. The smallest absolute Gasteiger partial charge is 0.310 e. The van der Waals surface area contributed by atoms with Crippen molar-refractivity contribution in [1.82, 2.24) is 20.1 Å². The first-order chi connectivity index (χ1) is 9.93. The Labute approximate surface area is 120 Å². The maximum Gasteiger partial charge on any atom is 0.435 e. The lowest BCUT2D eigenvalue weighted by Gasteiger charge is -2.08. The minimum absolute atomic E-state index is 0.387. The summed E-state index contributed by atoms with van der Waals surface area (Å²) in [6, 6.07) is 5.11. The van der Waals surface area contributed by atoms with Gasteiger partial charge in [-0.2, -0.15) is 18.3 Å². The second-order valence-electron chi connectivity index (χ2n) is 5.21. The van der Waals surface area contributed by atoms with Crippen molar-refractivity contribution in [2.75, 3.05) is 0 Å². The van der Waals surface area contributed by atoms with Crippen molar-refractivity contribution in [3.8, 4) is 5.82 Å². The average molecular weight is 296 g/mol. The monoisotopic (exact) mass is 296 g/mol. The normalized spacial score (nSPS) is 15.4. The highest BCUT2D eigenvalue weighted by molar-refractivity contribution is 5.30. The molecule has 7 heteroatoms. The van der Waals surface area contributed by atoms with Crippen LogP contribution < -0.4 is 5.32 Å². The molecule has 4 nitrogen and oxygen atoms in total. The van der Waals surface area contributed by atoms with Gasteiger partial charge in [0.2, 0.25) is 0 Å². The first-order valence-corrected chi connectivity index (χ1v) is 6.76. The van der Waals surface area contributed by atoms with E-state index in [0.717, 1.165) is 28.6 Å². The van der Waals surface area contributed by atoms with Crippen LogP contribution in [-0.4, -0.2) is 20.8 Å². The number of aromatic nitrogens is 3. The Morgan fingerprint density at radius 2 is 2.05 bits per heavy atom. The van der Waals surface area contributed by atoms with E-state index in [1.54, 1.807) is 6.07 Å². The molecular weight excluding hydrogens is 281 g/mol. The Hall–Kier alpha value is -1.89. The number of pyridine rings is 1. The van der Waals surface area contributed by atoms with Gasteiger partial charge in [0.25, 0.3) is 0 Å². The number of alkyl halides is 3. The Balaban J connectivity index is 1.79. The van der Waals surface area contributed by atoms with Crippen molar-refractivity contribution in [1.29, 1.82) is 0 Å². The zero-order valence-electron chi connectivity index (χ0n) is 11.5. The standard InChI is InChI=1S/C14H15F3N4/c1-9-10(8-18-11-3-4-11)2-5-13(19-9)21-7-6-12(20-21)14(15,16)17/h2,5-7,11,18H,3-4,8H2,1H3. The van der Waals surface area contributed by atoms with Gasteiger partial charge in [-0.3, -0.25) is 0 Å². The molecule has 0 radical (unpaired) electrons. The highest BCUT2D eigenvalue weighted by Gasteiger charge is 2.33. The van der Waals surface area contributed by atoms with Crippen LogP contribution in [0.4, 0.5) is 13.2 Å². The quantitative estimate of drug-likeness (QED) is 0.943. The summed E-state index contributed by atoms with van der Waals surface area (Å²) in [4.78, 5) is 4.33. The first kappa shape index (κ1) is 14.1. The van der Waals surface area contributed by atoms with Gasteiger partial charge in [0.15, 0.2) is 11.5 Å². The second kappa shape index (κ2) is 5.14. The van der Waals surface area contributed by atoms with E-state index in [-0.39, 0.29) is 0 Å². The van der Waals surface area contributed by atoms with Gasteiger partial charge in [-0.05, 0) is 37.5 Å². The molecule has 0 aromatic carbocycles. The Bertz CT molecular complexity index is 644. The Morgan fingerprint density at radius 3 is 2.62 bits per heavy atom. The van der Waals surface area contributed by atoms with Crippen LogP contribution in [0.15, 0.2) is 24.4 Å². The van der Waals surface area contributed by atoms with Crippen molar-refractivity contribution < 1.29 is 13.2 Å². The topological polar surface area (TPSA) is 42.7 Å². The largest absolute Gasteiger partial charge is 0.435 e. The van der Waals surface area contributed by atoms with Crippen LogP contribution >= 0.6 is 0 Å². The van der Waals surface area contributed by atoms with E-state index in [4.69, 9.17) is 0 Å². The van der Waals surface area contributed by atoms with Gasteiger partial charge >= 0.3 is 6.18 Å². The number of halogens is 3. The van der Waals surface area contributed by atoms with Crippen LogP contribution in [0.3, 0.4) is 0 Å². The van der Waals surface area contributed by atoms with Crippen molar-refractivity contribution in [3.05, 3.63) is 41.3 Å². The number of aryl methyl sites for hydroxylation is 1. The summed E-state index contributed by atoms with van der Waals surface area (Å²) in [5.41, 5.74) is 0.931. The minimum atomic E-state index is -4.44. The van der Waals surface area contributed by atoms with Gasteiger partial charge < -0.3 is 5.32 Å². The Morgan fingerprint density at radius 1 is 1.29 bits per heavy atom. The molecule has 2 aromatic heterocycles. The summed E-state index contributed by atoms with van der Waals surface area (Å²) < 4.78 is 38.8. The molecule has 0 atom stereocenters. The molecule has 1 fully saturated rings. The molecule has 2 heterocycles. The third-order valence-electron chi connectivity index (χ3n) is 3.45. The molecule has 0 aliphatic heterocycles. The fourth-order valence-corrected chi connectivity index (χ4v) is 2.04. The van der Waals surface area contributed by atoms with E-state index in [2.05, 4.69) is 15.4 Å². The van der Waals surface area contributed by atoms with Gasteiger partial charge in [0.05, 0.1) is 0 Å². The second-order valence-corrected chi connectivity index (χ2v) is 5.21. The Kier molecular flexibility index (Phi) is 3.44. The summed E-state index contributed by atoms with van der Waals surface area (Å²) >= 11 is 0. The van der Waals surface area contributed by atoms with Crippen LogP contribution in [-0.2, 0) is 12.7 Å². The third kappa shape index (κ3) is 3.24. The molecule has 1 aliphatic carbocycles. The molecule has 0 spiro atoms. The maximum absolute atomic E-state index is 12.5. The van der Waals surface area contributed by atoms with Crippen LogP contribution in [0.1, 0.15) is 29.8 Å². The molecule has 0 saturated heterocycles. The molecule has 21 heavy (non-hydrogen) atoms. The van der Waals surface area contributed by atoms with Crippen LogP contribution in [0, 0.1) is 6.92 Å². The van der Waals surface area contributed by atoms with Crippen molar-refractivity contribution >= 4 is 0 Å². The third-order valence-corrected chi connectivity index (χ3v) is 3.45. The van der Waals surface area contributed by atoms with Gasteiger partial charge in [0, 0.05) is 24.5 Å². The average Bonchev–Trinajstić information content (AvgIpc) is 3.09. The molecule has 0 unspecified atom stereocenters. The molecule has 1 aliphatic rings. The molecule has 2 aromatic rings. The van der Waals surface area contributed by atoms with Gasteiger partial charge in [-0.25, -0.2) is 9.67 Å². The van der Waals surface area contributed by atoms with E-state index in [0.29, 0.717) is 11.9 Å². The summed E-state index contributed by atoms with van der Waals surface area (Å²) in [6.45, 7) is 2.58. The van der Waals surface area contributed by atoms with Crippen molar-refractivity contribution in [3.63, 3.8) is 0 Å². The molecule has 0 amide bonds. The summed E-state index contributed by atoms with van der Waals surface area (Å²) in [5, 5.41) is 6.91. The van der Waals surface area contributed by atoms with E-state index in [1.807, 2.05) is 13.0 Å². The molecule has 1 saturated carbocycles. The van der Waals surface area contributed by atoms with Gasteiger partial charge in [0.1, 0.15) is 0 Å². The van der Waals surface area contributed by atoms with Crippen LogP contribution in [0.25, 0.3) is 5.82 Å². The number of nitrogens with one attached hydrogen (secondary N) is 1. The van der Waals surface area contributed by atoms with Crippen LogP contribution in [0.2, 0.25) is 0 Å². The van der Waals surface area contributed by atoms with E-state index < -0.39 is 11.9 Å². The van der Waals surface area contributed by atoms with Crippen LogP contribution in [0.5, 0.6) is 0 Å². The molecule has 3 rings (SSSR count). The SMILES string of the molecule is Cc1nc(-n2ccc(C(F)(F)F)n2)ccc1CNC1CC1. The van der Waals surface area contributed by atoms with Gasteiger partial charge in [-0.1, -0.05) is 6.07 Å². The lowest BCUT2D eigenvalue weighted by molar-refractivity contribution is -0.141. The minimum Gasteiger partial charge on any atom is -0.310 e. The number of rotatable bonds is 4. The zero-order valence-corrected chi connectivity index (χ0v) is 11.5. The van der Waals surface area contributed by atoms with Crippen molar-refractivity contribution in [2.45, 2.75) is 38.5 Å². The van der Waals surface area contributed by atoms with E-state index >= 15 is 0 Å². The summed E-state index contributed by atoms with van der Waals surface area (Å²) in [7, 11) is 0. The lowest BCUT2D eigenvalue weighted by atomic mass is 10.2. The molecular formula is C14H15F3N4. The van der Waals surface area contributed by atoms with Gasteiger partial charge in [-0.15, -0.1) is 0 Å². The highest BCUT2D eigenvalue weighted by Crippen LogP contribution is 2.27. The number of hydrogen-bond acceptors (Lipinski definition) is 3. The fraction of sp³-hybridized carbons (Fsp3) is 0.429. The number of nitrogens with zero attached hydrogens (tertiary/aromatic N) is 3. The summed E-state index contributed by atoms with van der Waals surface area (Å²) in [6.07, 6.45) is -0.753. The maximum atomic E-state index is 12.5.